The van der Waals surface area contributed by atoms with E-state index >= 15 is 0 Å². The number of benzene rings is 2. The van der Waals surface area contributed by atoms with Gasteiger partial charge in [-0.25, -0.2) is 9.37 Å². The molecule has 0 aliphatic heterocycles. The fraction of sp³-hybridized carbons (Fsp3) is 0.269. The van der Waals surface area contributed by atoms with E-state index in [1.54, 1.807) is 16.9 Å². The molecule has 6 nitrogen and oxygen atoms in total. The van der Waals surface area contributed by atoms with Crippen LogP contribution in [0.2, 0.25) is 0 Å². The highest BCUT2D eigenvalue weighted by atomic mass is 19.1. The van der Waals surface area contributed by atoms with Gasteiger partial charge in [0.15, 0.2) is 0 Å². The Hall–Kier alpha value is -3.74. The normalized spacial score (nSPS) is 20.5. The quantitative estimate of drug-likeness (QED) is 0.487. The van der Waals surface area contributed by atoms with Crippen molar-refractivity contribution in [2.24, 2.45) is 18.9 Å². The molecule has 7 heteroatoms. The molecule has 33 heavy (non-hydrogen) atoms. The van der Waals surface area contributed by atoms with Gasteiger partial charge in [-0.3, -0.25) is 9.48 Å². The molecule has 4 aromatic rings. The minimum Gasteiger partial charge on any atom is -0.489 e. The van der Waals surface area contributed by atoms with Crippen LogP contribution in [0.15, 0.2) is 48.7 Å². The monoisotopic (exact) mass is 443 g/mol. The predicted octanol–water partition coefficient (Wildman–Crippen LogP) is 4.63. The number of carboxylic acid groups (broad SMARTS) is 1. The van der Waals surface area contributed by atoms with Crippen LogP contribution in [0.1, 0.15) is 28.3 Å². The summed E-state index contributed by atoms with van der Waals surface area (Å²) >= 11 is 0. The molecule has 0 radical (unpaired) electrons. The lowest BCUT2D eigenvalue weighted by Gasteiger charge is -2.13. The average molecular weight is 443 g/mol. The smallest absolute Gasteiger partial charge is 0.307 e. The van der Waals surface area contributed by atoms with Crippen molar-refractivity contribution in [1.29, 1.82) is 0 Å². The molecule has 2 aromatic heterocycles. The molecule has 0 spiro atoms. The molecule has 1 saturated carbocycles. The Morgan fingerprint density at radius 3 is 2.91 bits per heavy atom. The Kier molecular flexibility index (Phi) is 4.30. The van der Waals surface area contributed by atoms with Gasteiger partial charge in [0.05, 0.1) is 17.6 Å². The third kappa shape index (κ3) is 3.18. The van der Waals surface area contributed by atoms with Crippen molar-refractivity contribution in [3.63, 3.8) is 0 Å². The van der Waals surface area contributed by atoms with E-state index in [1.165, 1.54) is 6.07 Å². The highest BCUT2D eigenvalue weighted by Crippen LogP contribution is 2.61. The maximum absolute atomic E-state index is 14.6. The summed E-state index contributed by atoms with van der Waals surface area (Å²) in [6.45, 7) is 2.03. The maximum Gasteiger partial charge on any atom is 0.307 e. The van der Waals surface area contributed by atoms with Crippen molar-refractivity contribution in [3.8, 4) is 16.9 Å². The third-order valence-electron chi connectivity index (χ3n) is 6.96. The molecule has 2 aromatic carbocycles. The van der Waals surface area contributed by atoms with E-state index in [2.05, 4.69) is 10.1 Å². The number of nitrogens with zero attached hydrogens (tertiary/aromatic N) is 3. The van der Waals surface area contributed by atoms with Gasteiger partial charge >= 0.3 is 5.97 Å². The highest BCUT2D eigenvalue weighted by Gasteiger charge is 2.59. The Morgan fingerprint density at radius 1 is 1.24 bits per heavy atom. The fourth-order valence-electron chi connectivity index (χ4n) is 5.37. The van der Waals surface area contributed by atoms with Gasteiger partial charge in [-0.2, -0.15) is 5.10 Å². The van der Waals surface area contributed by atoms with Crippen LogP contribution in [0.25, 0.3) is 22.2 Å². The topological polar surface area (TPSA) is 77.2 Å². The van der Waals surface area contributed by atoms with Crippen molar-refractivity contribution < 1.29 is 19.0 Å². The van der Waals surface area contributed by atoms with Crippen molar-refractivity contribution in [1.82, 2.24) is 14.8 Å². The molecule has 0 amide bonds. The first-order valence-corrected chi connectivity index (χ1v) is 11.0. The lowest BCUT2D eigenvalue weighted by atomic mass is 10.0. The molecule has 2 aliphatic rings. The van der Waals surface area contributed by atoms with Gasteiger partial charge in [0.1, 0.15) is 23.7 Å². The predicted molar refractivity (Wildman–Crippen MR) is 120 cm³/mol. The standard InChI is InChI=1S/C26H22FN3O3/c1-13-7-19(25-22(29-13)11-28-30(25)2)14-3-6-21(27)16(8-14)12-33-17-4-5-18-15(9-17)10-20-23(18)24(20)26(31)32/h3-9,11,20,23-24H,10,12H2,1-2H3,(H,31,32)/t20-,23+,24?/m1/s1. The van der Waals surface area contributed by atoms with Crippen LogP contribution < -0.4 is 4.74 Å². The molecule has 2 heterocycles. The number of hydrogen-bond donors (Lipinski definition) is 1. The van der Waals surface area contributed by atoms with Crippen molar-refractivity contribution in [2.75, 3.05) is 0 Å². The number of rotatable bonds is 5. The Balaban J connectivity index is 1.26. The summed E-state index contributed by atoms with van der Waals surface area (Å²) in [5.41, 5.74) is 7.11. The molecule has 3 atom stereocenters. The second-order valence-electron chi connectivity index (χ2n) is 9.03. The average Bonchev–Trinajstić information content (AvgIpc) is 3.20. The van der Waals surface area contributed by atoms with E-state index in [4.69, 9.17) is 4.74 Å². The summed E-state index contributed by atoms with van der Waals surface area (Å²) in [6.07, 6.45) is 2.50. The largest absolute Gasteiger partial charge is 0.489 e. The number of aryl methyl sites for hydroxylation is 2. The molecule has 1 N–H and O–H groups in total. The van der Waals surface area contributed by atoms with Gasteiger partial charge in [0, 0.05) is 29.8 Å². The number of pyridine rings is 1. The molecule has 6 rings (SSSR count). The van der Waals surface area contributed by atoms with Gasteiger partial charge in [-0.15, -0.1) is 0 Å². The zero-order chi connectivity index (χ0) is 22.9. The van der Waals surface area contributed by atoms with Crippen LogP contribution in [0, 0.1) is 24.6 Å². The van der Waals surface area contributed by atoms with Crippen LogP contribution in [0.3, 0.4) is 0 Å². The van der Waals surface area contributed by atoms with E-state index in [0.29, 0.717) is 11.3 Å². The van der Waals surface area contributed by atoms with Gasteiger partial charge in [0.25, 0.3) is 0 Å². The first-order valence-electron chi connectivity index (χ1n) is 11.0. The van der Waals surface area contributed by atoms with Crippen LogP contribution in [0.4, 0.5) is 4.39 Å². The van der Waals surface area contributed by atoms with E-state index in [-0.39, 0.29) is 30.2 Å². The Bertz CT molecular complexity index is 1440. The van der Waals surface area contributed by atoms with Crippen LogP contribution >= 0.6 is 0 Å². The lowest BCUT2D eigenvalue weighted by Crippen LogP contribution is -2.05. The van der Waals surface area contributed by atoms with Crippen molar-refractivity contribution >= 4 is 17.0 Å². The van der Waals surface area contributed by atoms with Gasteiger partial charge < -0.3 is 9.84 Å². The SMILES string of the molecule is Cc1cc(-c2ccc(F)c(COc3ccc4c(c3)C[C@H]3C(C(=O)O)[C@@H]43)c2)c2c(cnn2C)n1. The molecular formula is C26H22FN3O3. The minimum absolute atomic E-state index is 0.0989. The first kappa shape index (κ1) is 19.9. The van der Waals surface area contributed by atoms with Crippen LogP contribution in [-0.2, 0) is 24.9 Å². The van der Waals surface area contributed by atoms with Crippen molar-refractivity contribution in [3.05, 3.63) is 76.9 Å². The Morgan fingerprint density at radius 2 is 2.09 bits per heavy atom. The minimum atomic E-state index is -0.709. The summed E-state index contributed by atoms with van der Waals surface area (Å²) in [6, 6.07) is 12.8. The second kappa shape index (κ2) is 7.13. The van der Waals surface area contributed by atoms with Gasteiger partial charge in [-0.1, -0.05) is 12.1 Å². The summed E-state index contributed by atoms with van der Waals surface area (Å²) in [5, 5.41) is 13.6. The van der Waals surface area contributed by atoms with Crippen molar-refractivity contribution in [2.45, 2.75) is 25.9 Å². The van der Waals surface area contributed by atoms with Crippen LogP contribution in [0.5, 0.6) is 5.75 Å². The third-order valence-corrected chi connectivity index (χ3v) is 6.96. The van der Waals surface area contributed by atoms with E-state index < -0.39 is 5.97 Å². The van der Waals surface area contributed by atoms with Crippen LogP contribution in [-0.4, -0.2) is 25.8 Å². The van der Waals surface area contributed by atoms with Gasteiger partial charge in [0.2, 0.25) is 0 Å². The number of ether oxygens (including phenoxy) is 1. The molecule has 0 saturated heterocycles. The number of fused-ring (bicyclic) bond motifs is 4. The zero-order valence-electron chi connectivity index (χ0n) is 18.2. The highest BCUT2D eigenvalue weighted by molar-refractivity contribution is 5.92. The fourth-order valence-corrected chi connectivity index (χ4v) is 5.37. The molecular weight excluding hydrogens is 421 g/mol. The number of aromatic nitrogens is 3. The molecule has 1 fully saturated rings. The number of aliphatic carboxylic acids is 1. The number of carboxylic acids is 1. The summed E-state index contributed by atoms with van der Waals surface area (Å²) in [7, 11) is 1.87. The molecule has 166 valence electrons. The van der Waals surface area contributed by atoms with E-state index in [0.717, 1.165) is 45.4 Å². The maximum atomic E-state index is 14.6. The second-order valence-corrected chi connectivity index (χ2v) is 9.03. The lowest BCUT2D eigenvalue weighted by molar-refractivity contribution is -0.139. The molecule has 2 aliphatic carbocycles. The number of halogens is 1. The number of hydrogen-bond acceptors (Lipinski definition) is 4. The van der Waals surface area contributed by atoms with Gasteiger partial charge in [-0.05, 0) is 66.3 Å². The molecule has 0 bridgehead atoms. The van der Waals surface area contributed by atoms with E-state index in [1.807, 2.05) is 44.3 Å². The Labute approximate surface area is 189 Å². The zero-order valence-corrected chi connectivity index (χ0v) is 18.2. The summed E-state index contributed by atoms with van der Waals surface area (Å²) in [4.78, 5) is 15.8. The first-order chi connectivity index (χ1) is 15.9. The summed E-state index contributed by atoms with van der Waals surface area (Å²) in [5.74, 6) is -0.274. The van der Waals surface area contributed by atoms with E-state index in [9.17, 15) is 14.3 Å². The molecule has 1 unspecified atom stereocenters. The summed E-state index contributed by atoms with van der Waals surface area (Å²) < 4.78 is 22.4. The number of carbonyl (C=O) groups is 1.